The van der Waals surface area contributed by atoms with Crippen molar-refractivity contribution in [2.45, 2.75) is 39.5 Å². The summed E-state index contributed by atoms with van der Waals surface area (Å²) in [7, 11) is -3.59. The highest BCUT2D eigenvalue weighted by molar-refractivity contribution is 7.51. The number of benzene rings is 1. The molecule has 1 aromatic rings. The van der Waals surface area contributed by atoms with Crippen LogP contribution >= 0.6 is 7.60 Å². The summed E-state index contributed by atoms with van der Waals surface area (Å²) >= 11 is 0. The van der Waals surface area contributed by atoms with E-state index in [9.17, 15) is 9.46 Å². The summed E-state index contributed by atoms with van der Waals surface area (Å²) in [5.41, 5.74) is 0.341. The van der Waals surface area contributed by atoms with Gasteiger partial charge in [0.25, 0.3) is 0 Å². The molecule has 18 heavy (non-hydrogen) atoms. The van der Waals surface area contributed by atoms with Crippen molar-refractivity contribution >= 4 is 7.60 Å². The third-order valence-corrected chi connectivity index (χ3v) is 3.49. The van der Waals surface area contributed by atoms with E-state index in [4.69, 9.17) is 9.26 Å². The molecule has 0 amide bonds. The third kappa shape index (κ3) is 5.21. The Morgan fingerprint density at radius 3 is 2.44 bits per heavy atom. The maximum atomic E-state index is 11.8. The summed E-state index contributed by atoms with van der Waals surface area (Å²) in [4.78, 5) is 9.67. The largest absolute Gasteiger partial charge is 0.488 e. The van der Waals surface area contributed by atoms with Crippen LogP contribution < -0.4 is 4.74 Å². The molecule has 0 aliphatic carbocycles. The fourth-order valence-electron chi connectivity index (χ4n) is 1.53. The van der Waals surface area contributed by atoms with E-state index in [-0.39, 0.29) is 18.4 Å². The molecule has 0 bridgehead atoms. The normalized spacial score (nSPS) is 15.2. The molecular formula is C13H21O4P. The van der Waals surface area contributed by atoms with Gasteiger partial charge in [-0.3, -0.25) is 4.57 Å². The molecule has 102 valence electrons. The van der Waals surface area contributed by atoms with Gasteiger partial charge in [0, 0.05) is 5.56 Å². The molecule has 0 radical (unpaired) electrons. The first-order chi connectivity index (χ1) is 8.23. The summed E-state index contributed by atoms with van der Waals surface area (Å²) in [6, 6.07) is 7.24. The van der Waals surface area contributed by atoms with Crippen molar-refractivity contribution in [1.29, 1.82) is 0 Å². The van der Waals surface area contributed by atoms with E-state index in [0.29, 0.717) is 11.3 Å². The zero-order valence-corrected chi connectivity index (χ0v) is 12.2. The molecule has 1 rings (SSSR count). The Hall–Kier alpha value is -0.830. The van der Waals surface area contributed by atoms with E-state index in [1.807, 2.05) is 32.9 Å². The van der Waals surface area contributed by atoms with E-state index < -0.39 is 7.60 Å². The minimum Gasteiger partial charge on any atom is -0.488 e. The predicted molar refractivity (Wildman–Crippen MR) is 72.0 cm³/mol. The molecule has 5 heteroatoms. The summed E-state index contributed by atoms with van der Waals surface area (Å²) < 4.78 is 22.4. The molecule has 0 saturated carbocycles. The Labute approximate surface area is 108 Å². The van der Waals surface area contributed by atoms with Gasteiger partial charge in [0.2, 0.25) is 0 Å². The van der Waals surface area contributed by atoms with E-state index in [2.05, 4.69) is 0 Å². The van der Waals surface area contributed by atoms with Gasteiger partial charge in [-0.25, -0.2) is 0 Å². The van der Waals surface area contributed by atoms with E-state index >= 15 is 0 Å². The molecule has 0 heterocycles. The number of ether oxygens (including phenoxy) is 1. The highest BCUT2D eigenvalue weighted by Crippen LogP contribution is 2.47. The standard InChI is InChI=1S/C13H21O4P/c1-5-16-18(14,15)10-11-8-6-7-9-12(11)17-13(2,3)4/h6-9H,5,10H2,1-4H3,(H,14,15). The molecule has 0 saturated heterocycles. The van der Waals surface area contributed by atoms with E-state index in [1.165, 1.54) is 0 Å². The van der Waals surface area contributed by atoms with E-state index in [0.717, 1.165) is 0 Å². The van der Waals surface area contributed by atoms with Crippen molar-refractivity contribution in [1.82, 2.24) is 0 Å². The number of para-hydroxylation sites is 1. The van der Waals surface area contributed by atoms with Crippen LogP contribution in [0.2, 0.25) is 0 Å². The quantitative estimate of drug-likeness (QED) is 0.832. The molecule has 1 aromatic carbocycles. The Morgan fingerprint density at radius 1 is 1.28 bits per heavy atom. The second kappa shape index (κ2) is 5.87. The summed E-state index contributed by atoms with van der Waals surface area (Å²) in [5.74, 6) is 0.624. The van der Waals surface area contributed by atoms with Crippen LogP contribution in [-0.4, -0.2) is 17.1 Å². The van der Waals surface area contributed by atoms with Crippen molar-refractivity contribution in [2.75, 3.05) is 6.61 Å². The number of hydrogen-bond donors (Lipinski definition) is 1. The first-order valence-electron chi connectivity index (χ1n) is 5.97. The Balaban J connectivity index is 2.92. The second-order valence-electron chi connectivity index (χ2n) is 5.04. The zero-order chi connectivity index (χ0) is 13.8. The van der Waals surface area contributed by atoms with Gasteiger partial charge in [0.15, 0.2) is 0 Å². The van der Waals surface area contributed by atoms with Gasteiger partial charge in [-0.05, 0) is 33.8 Å². The smallest absolute Gasteiger partial charge is 0.332 e. The number of rotatable bonds is 5. The van der Waals surface area contributed by atoms with Crippen LogP contribution in [0.4, 0.5) is 0 Å². The van der Waals surface area contributed by atoms with Gasteiger partial charge in [0.05, 0.1) is 12.8 Å². The molecule has 1 atom stereocenters. The highest BCUT2D eigenvalue weighted by Gasteiger charge is 2.23. The zero-order valence-electron chi connectivity index (χ0n) is 11.3. The SMILES string of the molecule is CCOP(=O)(O)Cc1ccccc1OC(C)(C)C. The maximum absolute atomic E-state index is 11.8. The fourth-order valence-corrected chi connectivity index (χ4v) is 2.71. The predicted octanol–water partition coefficient (Wildman–Crippen LogP) is 3.59. The van der Waals surface area contributed by atoms with Crippen LogP contribution in [0.15, 0.2) is 24.3 Å². The Morgan fingerprint density at radius 2 is 1.89 bits per heavy atom. The molecule has 1 N–H and O–H groups in total. The van der Waals surface area contributed by atoms with Crippen LogP contribution in [0.1, 0.15) is 33.3 Å². The molecule has 0 fully saturated rings. The Kier molecular flexibility index (Phi) is 4.97. The van der Waals surface area contributed by atoms with Crippen LogP contribution in [0, 0.1) is 0 Å². The molecule has 0 aliphatic rings. The topological polar surface area (TPSA) is 55.8 Å². The lowest BCUT2D eigenvalue weighted by Crippen LogP contribution is -2.23. The Bertz CT molecular complexity index is 437. The molecule has 0 spiro atoms. The van der Waals surface area contributed by atoms with Gasteiger partial charge in [-0.1, -0.05) is 18.2 Å². The minimum atomic E-state index is -3.59. The second-order valence-corrected chi connectivity index (χ2v) is 6.88. The lowest BCUT2D eigenvalue weighted by Gasteiger charge is -2.23. The average Bonchev–Trinajstić information content (AvgIpc) is 2.18. The van der Waals surface area contributed by atoms with Crippen molar-refractivity contribution in [3.05, 3.63) is 29.8 Å². The van der Waals surface area contributed by atoms with Gasteiger partial charge in [-0.2, -0.15) is 0 Å². The maximum Gasteiger partial charge on any atom is 0.332 e. The molecule has 0 aliphatic heterocycles. The number of hydrogen-bond acceptors (Lipinski definition) is 3. The van der Waals surface area contributed by atoms with Gasteiger partial charge >= 0.3 is 7.60 Å². The average molecular weight is 272 g/mol. The fraction of sp³-hybridized carbons (Fsp3) is 0.538. The van der Waals surface area contributed by atoms with E-state index in [1.54, 1.807) is 19.1 Å². The van der Waals surface area contributed by atoms with Crippen molar-refractivity contribution in [3.8, 4) is 5.75 Å². The first kappa shape index (κ1) is 15.2. The van der Waals surface area contributed by atoms with Crippen molar-refractivity contribution in [3.63, 3.8) is 0 Å². The van der Waals surface area contributed by atoms with Gasteiger partial charge < -0.3 is 14.2 Å². The molecule has 1 unspecified atom stereocenters. The lowest BCUT2D eigenvalue weighted by atomic mass is 10.1. The summed E-state index contributed by atoms with van der Waals surface area (Å²) in [6.07, 6.45) is -0.0346. The summed E-state index contributed by atoms with van der Waals surface area (Å²) in [5, 5.41) is 0. The highest BCUT2D eigenvalue weighted by atomic mass is 31.2. The molecule has 4 nitrogen and oxygen atoms in total. The molecule has 0 aromatic heterocycles. The van der Waals surface area contributed by atoms with Crippen LogP contribution in [0.25, 0.3) is 0 Å². The van der Waals surface area contributed by atoms with Crippen molar-refractivity contribution in [2.24, 2.45) is 0 Å². The third-order valence-electron chi connectivity index (χ3n) is 2.09. The monoisotopic (exact) mass is 272 g/mol. The van der Waals surface area contributed by atoms with Crippen LogP contribution in [0.3, 0.4) is 0 Å². The summed E-state index contributed by atoms with van der Waals surface area (Å²) in [6.45, 7) is 7.72. The molecular weight excluding hydrogens is 251 g/mol. The first-order valence-corrected chi connectivity index (χ1v) is 7.73. The minimum absolute atomic E-state index is 0.0346. The lowest BCUT2D eigenvalue weighted by molar-refractivity contribution is 0.129. The van der Waals surface area contributed by atoms with Gasteiger partial charge in [0.1, 0.15) is 11.4 Å². The van der Waals surface area contributed by atoms with Crippen LogP contribution in [0.5, 0.6) is 5.75 Å². The van der Waals surface area contributed by atoms with Crippen LogP contribution in [-0.2, 0) is 15.3 Å². The van der Waals surface area contributed by atoms with Crippen molar-refractivity contribution < 1.29 is 18.7 Å². The van der Waals surface area contributed by atoms with Gasteiger partial charge in [-0.15, -0.1) is 0 Å².